The number of hydrogen-bond acceptors (Lipinski definition) is 3. The first-order valence-corrected chi connectivity index (χ1v) is 8.17. The van der Waals surface area contributed by atoms with E-state index in [-0.39, 0.29) is 6.10 Å². The zero-order valence-corrected chi connectivity index (χ0v) is 12.9. The molecule has 0 spiro atoms. The Morgan fingerprint density at radius 2 is 2.30 bits per heavy atom. The first-order chi connectivity index (χ1) is 9.76. The Hall–Kier alpha value is -1.32. The van der Waals surface area contributed by atoms with Crippen molar-refractivity contribution in [1.29, 1.82) is 0 Å². The standard InChI is InChI=1S/C17H21NOS/c1-3-15(17-5-4-8-20-17)18-11-14-10-13-9-12(2)6-7-16(13)19-14/h4-9,14-15,18H,3,10-11H2,1-2H3. The molecule has 1 aliphatic rings. The van der Waals surface area contributed by atoms with Gasteiger partial charge in [-0.1, -0.05) is 30.7 Å². The van der Waals surface area contributed by atoms with Gasteiger partial charge >= 0.3 is 0 Å². The Bertz CT molecular complexity index is 564. The van der Waals surface area contributed by atoms with Gasteiger partial charge in [0.05, 0.1) is 0 Å². The average molecular weight is 287 g/mol. The highest BCUT2D eigenvalue weighted by atomic mass is 32.1. The van der Waals surface area contributed by atoms with E-state index >= 15 is 0 Å². The van der Waals surface area contributed by atoms with Gasteiger partial charge in [0.25, 0.3) is 0 Å². The molecule has 0 saturated heterocycles. The average Bonchev–Trinajstić information content (AvgIpc) is 3.08. The summed E-state index contributed by atoms with van der Waals surface area (Å²) in [5.41, 5.74) is 2.66. The quantitative estimate of drug-likeness (QED) is 0.894. The molecule has 2 nitrogen and oxygen atoms in total. The SMILES string of the molecule is CCC(NCC1Cc2cc(C)ccc2O1)c1cccs1. The molecule has 1 aromatic carbocycles. The van der Waals surface area contributed by atoms with Crippen molar-refractivity contribution in [2.45, 2.75) is 38.8 Å². The first kappa shape index (κ1) is 13.7. The van der Waals surface area contributed by atoms with Crippen LogP contribution in [0.1, 0.15) is 35.4 Å². The van der Waals surface area contributed by atoms with Crippen LogP contribution in [0.2, 0.25) is 0 Å². The molecule has 0 bridgehead atoms. The Kier molecular flexibility index (Phi) is 4.08. The molecule has 2 aromatic rings. The molecule has 3 rings (SSSR count). The van der Waals surface area contributed by atoms with Crippen LogP contribution >= 0.6 is 11.3 Å². The summed E-state index contributed by atoms with van der Waals surface area (Å²) in [7, 11) is 0. The molecule has 0 amide bonds. The lowest BCUT2D eigenvalue weighted by molar-refractivity contribution is 0.221. The molecule has 2 atom stereocenters. The Balaban J connectivity index is 1.58. The van der Waals surface area contributed by atoms with Crippen LogP contribution in [0.25, 0.3) is 0 Å². The number of rotatable bonds is 5. The lowest BCUT2D eigenvalue weighted by Gasteiger charge is -2.18. The van der Waals surface area contributed by atoms with Gasteiger partial charge in [-0.25, -0.2) is 0 Å². The zero-order chi connectivity index (χ0) is 13.9. The third-order valence-corrected chi connectivity index (χ3v) is 4.83. The summed E-state index contributed by atoms with van der Waals surface area (Å²) in [4.78, 5) is 1.42. The van der Waals surface area contributed by atoms with Gasteiger partial charge in [0.2, 0.25) is 0 Å². The van der Waals surface area contributed by atoms with E-state index in [1.165, 1.54) is 16.0 Å². The van der Waals surface area contributed by atoms with Gasteiger partial charge in [0, 0.05) is 23.9 Å². The van der Waals surface area contributed by atoms with Crippen molar-refractivity contribution in [1.82, 2.24) is 5.32 Å². The highest BCUT2D eigenvalue weighted by Gasteiger charge is 2.23. The summed E-state index contributed by atoms with van der Waals surface area (Å²) in [6.07, 6.45) is 2.39. The van der Waals surface area contributed by atoms with Gasteiger partial charge in [-0.15, -0.1) is 11.3 Å². The molecule has 1 aliphatic heterocycles. The van der Waals surface area contributed by atoms with Crippen LogP contribution in [0.3, 0.4) is 0 Å². The first-order valence-electron chi connectivity index (χ1n) is 7.29. The van der Waals surface area contributed by atoms with E-state index in [0.717, 1.165) is 25.1 Å². The van der Waals surface area contributed by atoms with Gasteiger partial charge in [0.1, 0.15) is 11.9 Å². The fourth-order valence-corrected chi connectivity index (χ4v) is 3.66. The van der Waals surface area contributed by atoms with Crippen molar-refractivity contribution >= 4 is 11.3 Å². The second-order valence-electron chi connectivity index (χ2n) is 5.44. The number of aryl methyl sites for hydroxylation is 1. The molecule has 20 heavy (non-hydrogen) atoms. The maximum absolute atomic E-state index is 6.02. The topological polar surface area (TPSA) is 21.3 Å². The summed E-state index contributed by atoms with van der Waals surface area (Å²) in [5, 5.41) is 5.79. The van der Waals surface area contributed by atoms with Crippen molar-refractivity contribution in [2.75, 3.05) is 6.54 Å². The van der Waals surface area contributed by atoms with Crippen LogP contribution in [0.4, 0.5) is 0 Å². The second-order valence-corrected chi connectivity index (χ2v) is 6.42. The lowest BCUT2D eigenvalue weighted by atomic mass is 10.1. The van der Waals surface area contributed by atoms with Crippen molar-refractivity contribution in [3.63, 3.8) is 0 Å². The molecule has 1 N–H and O–H groups in total. The summed E-state index contributed by atoms with van der Waals surface area (Å²) in [6.45, 7) is 5.27. The van der Waals surface area contributed by atoms with Crippen molar-refractivity contribution < 1.29 is 4.74 Å². The normalized spacial score (nSPS) is 18.6. The van der Waals surface area contributed by atoms with E-state index in [9.17, 15) is 0 Å². The second kappa shape index (κ2) is 5.98. The van der Waals surface area contributed by atoms with E-state index < -0.39 is 0 Å². The minimum absolute atomic E-state index is 0.265. The van der Waals surface area contributed by atoms with E-state index in [0.29, 0.717) is 6.04 Å². The van der Waals surface area contributed by atoms with Gasteiger partial charge in [-0.2, -0.15) is 0 Å². The molecule has 0 saturated carbocycles. The highest BCUT2D eigenvalue weighted by Crippen LogP contribution is 2.30. The highest BCUT2D eigenvalue weighted by molar-refractivity contribution is 7.10. The summed E-state index contributed by atoms with van der Waals surface area (Å²) < 4.78 is 6.02. The molecule has 106 valence electrons. The molecule has 1 aromatic heterocycles. The van der Waals surface area contributed by atoms with Crippen LogP contribution in [0.5, 0.6) is 5.75 Å². The minimum atomic E-state index is 0.265. The fourth-order valence-electron chi connectivity index (χ4n) is 2.77. The Labute approximate surface area is 124 Å². The Morgan fingerprint density at radius 1 is 1.40 bits per heavy atom. The Morgan fingerprint density at radius 3 is 3.05 bits per heavy atom. The van der Waals surface area contributed by atoms with Gasteiger partial charge in [0.15, 0.2) is 0 Å². The molecule has 0 radical (unpaired) electrons. The van der Waals surface area contributed by atoms with E-state index in [1.54, 1.807) is 0 Å². The van der Waals surface area contributed by atoms with Crippen LogP contribution in [-0.4, -0.2) is 12.6 Å². The third-order valence-electron chi connectivity index (χ3n) is 3.84. The minimum Gasteiger partial charge on any atom is -0.488 e. The third kappa shape index (κ3) is 2.89. The number of fused-ring (bicyclic) bond motifs is 1. The van der Waals surface area contributed by atoms with Gasteiger partial charge in [-0.3, -0.25) is 0 Å². The van der Waals surface area contributed by atoms with E-state index in [2.05, 4.69) is 54.9 Å². The molecule has 2 heterocycles. The molecule has 0 aliphatic carbocycles. The smallest absolute Gasteiger partial charge is 0.123 e. The lowest BCUT2D eigenvalue weighted by Crippen LogP contribution is -2.32. The largest absolute Gasteiger partial charge is 0.488 e. The van der Waals surface area contributed by atoms with Crippen LogP contribution in [0, 0.1) is 6.92 Å². The van der Waals surface area contributed by atoms with Crippen molar-refractivity contribution in [3.8, 4) is 5.75 Å². The summed E-state index contributed by atoms with van der Waals surface area (Å²) in [6, 6.07) is 11.2. The zero-order valence-electron chi connectivity index (χ0n) is 12.1. The number of benzene rings is 1. The maximum Gasteiger partial charge on any atom is 0.123 e. The monoisotopic (exact) mass is 287 g/mol. The van der Waals surface area contributed by atoms with Crippen LogP contribution in [-0.2, 0) is 6.42 Å². The number of ether oxygens (including phenoxy) is 1. The number of thiophene rings is 1. The molecule has 3 heteroatoms. The van der Waals surface area contributed by atoms with E-state index in [4.69, 9.17) is 4.74 Å². The van der Waals surface area contributed by atoms with Crippen molar-refractivity contribution in [2.24, 2.45) is 0 Å². The predicted octanol–water partition coefficient (Wildman–Crippen LogP) is 4.10. The number of nitrogens with one attached hydrogen (secondary N) is 1. The van der Waals surface area contributed by atoms with Gasteiger partial charge in [-0.05, 0) is 36.4 Å². The molecular formula is C17H21NOS. The molecule has 2 unspecified atom stereocenters. The molecular weight excluding hydrogens is 266 g/mol. The summed E-state index contributed by atoms with van der Waals surface area (Å²) in [5.74, 6) is 1.06. The van der Waals surface area contributed by atoms with Gasteiger partial charge < -0.3 is 10.1 Å². The summed E-state index contributed by atoms with van der Waals surface area (Å²) >= 11 is 1.82. The number of hydrogen-bond donors (Lipinski definition) is 1. The fraction of sp³-hybridized carbons (Fsp3) is 0.412. The van der Waals surface area contributed by atoms with E-state index in [1.807, 2.05) is 11.3 Å². The van der Waals surface area contributed by atoms with Crippen LogP contribution < -0.4 is 10.1 Å². The molecule has 0 fully saturated rings. The maximum atomic E-state index is 6.02. The predicted molar refractivity (Wildman–Crippen MR) is 84.7 cm³/mol. The van der Waals surface area contributed by atoms with Crippen molar-refractivity contribution in [3.05, 3.63) is 51.7 Å². The van der Waals surface area contributed by atoms with Crippen LogP contribution in [0.15, 0.2) is 35.7 Å².